The summed E-state index contributed by atoms with van der Waals surface area (Å²) in [6.07, 6.45) is 0. The lowest BCUT2D eigenvalue weighted by Gasteiger charge is -2.14. The van der Waals surface area contributed by atoms with Gasteiger partial charge in [0.1, 0.15) is 4.90 Å². The Hall–Kier alpha value is -2.62. The molecule has 0 aliphatic rings. The van der Waals surface area contributed by atoms with Gasteiger partial charge in [0.15, 0.2) is 0 Å². The van der Waals surface area contributed by atoms with E-state index in [1.165, 1.54) is 32.3 Å². The van der Waals surface area contributed by atoms with E-state index in [0.29, 0.717) is 5.69 Å². The van der Waals surface area contributed by atoms with Crippen molar-refractivity contribution in [2.45, 2.75) is 11.4 Å². The largest absolute Gasteiger partial charge is 0.351 e. The number of nitrogens with two attached hydrogens (primary N) is 1. The third kappa shape index (κ3) is 5.19. The molecule has 4 N–H and O–H groups in total. The molecular formula is C17H19ClN4O4S. The summed E-state index contributed by atoms with van der Waals surface area (Å²) in [5.74, 6) is -0.443. The minimum absolute atomic E-state index is 0.0396. The number of carbonyl (C=O) groups is 2. The highest BCUT2D eigenvalue weighted by atomic mass is 35.5. The number of nitrogens with zero attached hydrogens (tertiary/aromatic N) is 1. The van der Waals surface area contributed by atoms with Gasteiger partial charge in [0.05, 0.1) is 5.02 Å². The first-order valence-electron chi connectivity index (χ1n) is 7.77. The Bertz CT molecular complexity index is 959. The normalized spacial score (nSPS) is 11.3. The summed E-state index contributed by atoms with van der Waals surface area (Å²) in [5, 5.41) is 5.18. The van der Waals surface area contributed by atoms with Gasteiger partial charge in [0.25, 0.3) is 5.91 Å². The van der Waals surface area contributed by atoms with Crippen LogP contribution in [-0.2, 0) is 16.6 Å². The van der Waals surface area contributed by atoms with Gasteiger partial charge in [0.2, 0.25) is 10.0 Å². The van der Waals surface area contributed by atoms with Crippen molar-refractivity contribution in [2.75, 3.05) is 19.4 Å². The van der Waals surface area contributed by atoms with Crippen molar-refractivity contribution in [2.24, 2.45) is 5.73 Å². The lowest BCUT2D eigenvalue weighted by atomic mass is 10.2. The number of sulfonamides is 1. The molecule has 0 saturated carbocycles. The molecule has 27 heavy (non-hydrogen) atoms. The summed E-state index contributed by atoms with van der Waals surface area (Å²) < 4.78 is 25.6. The number of benzene rings is 2. The van der Waals surface area contributed by atoms with Crippen LogP contribution in [0.4, 0.5) is 10.5 Å². The minimum Gasteiger partial charge on any atom is -0.351 e. The molecule has 2 aromatic carbocycles. The summed E-state index contributed by atoms with van der Waals surface area (Å²) in [5.41, 5.74) is 6.53. The molecule has 0 fully saturated rings. The van der Waals surface area contributed by atoms with Gasteiger partial charge in [-0.1, -0.05) is 23.7 Å². The number of nitrogens with one attached hydrogen (secondary N) is 2. The average molecular weight is 411 g/mol. The first kappa shape index (κ1) is 20.7. The Morgan fingerprint density at radius 2 is 1.74 bits per heavy atom. The number of primary amides is 1. The van der Waals surface area contributed by atoms with Crippen LogP contribution >= 0.6 is 11.6 Å². The molecular weight excluding hydrogens is 392 g/mol. The predicted octanol–water partition coefficient (Wildman–Crippen LogP) is 2.01. The number of anilines is 1. The maximum absolute atomic E-state index is 12.4. The van der Waals surface area contributed by atoms with Crippen molar-refractivity contribution in [3.8, 4) is 0 Å². The van der Waals surface area contributed by atoms with Crippen LogP contribution in [0.2, 0.25) is 5.02 Å². The number of carbonyl (C=O) groups excluding carboxylic acids is 2. The highest BCUT2D eigenvalue weighted by molar-refractivity contribution is 7.89. The number of amides is 3. The molecule has 0 aliphatic carbocycles. The lowest BCUT2D eigenvalue weighted by Crippen LogP contribution is -2.25. The molecule has 0 heterocycles. The van der Waals surface area contributed by atoms with E-state index in [1.54, 1.807) is 24.3 Å². The van der Waals surface area contributed by atoms with Crippen LogP contribution in [0.3, 0.4) is 0 Å². The van der Waals surface area contributed by atoms with E-state index in [9.17, 15) is 18.0 Å². The average Bonchev–Trinajstić information content (AvgIpc) is 2.60. The molecule has 0 saturated heterocycles. The van der Waals surface area contributed by atoms with E-state index in [0.717, 1.165) is 9.87 Å². The summed E-state index contributed by atoms with van der Waals surface area (Å²) in [6, 6.07) is 10.1. The van der Waals surface area contributed by atoms with Crippen LogP contribution in [0.25, 0.3) is 0 Å². The Kier molecular flexibility index (Phi) is 6.42. The van der Waals surface area contributed by atoms with Crippen LogP contribution in [-0.4, -0.2) is 38.8 Å². The molecule has 0 bridgehead atoms. The molecule has 8 nitrogen and oxygen atoms in total. The second kappa shape index (κ2) is 8.38. The summed E-state index contributed by atoms with van der Waals surface area (Å²) in [4.78, 5) is 23.0. The summed E-state index contributed by atoms with van der Waals surface area (Å²) >= 11 is 5.98. The Labute approximate surface area is 162 Å². The highest BCUT2D eigenvalue weighted by Crippen LogP contribution is 2.24. The second-order valence-corrected chi connectivity index (χ2v) is 8.33. The molecule has 10 heteroatoms. The fraction of sp³-hybridized carbons (Fsp3) is 0.176. The van der Waals surface area contributed by atoms with Crippen molar-refractivity contribution >= 4 is 39.2 Å². The maximum atomic E-state index is 12.4. The van der Waals surface area contributed by atoms with Gasteiger partial charge in [-0.15, -0.1) is 0 Å². The Morgan fingerprint density at radius 3 is 2.30 bits per heavy atom. The first-order valence-corrected chi connectivity index (χ1v) is 9.58. The maximum Gasteiger partial charge on any atom is 0.316 e. The molecule has 0 spiro atoms. The molecule has 2 aromatic rings. The molecule has 2 rings (SSSR count). The van der Waals surface area contributed by atoms with Crippen LogP contribution in [0, 0.1) is 0 Å². The molecule has 0 aliphatic heterocycles. The fourth-order valence-electron chi connectivity index (χ4n) is 2.17. The van der Waals surface area contributed by atoms with Crippen molar-refractivity contribution in [3.05, 3.63) is 58.6 Å². The van der Waals surface area contributed by atoms with Gasteiger partial charge in [-0.05, 0) is 35.9 Å². The summed E-state index contributed by atoms with van der Waals surface area (Å²) in [7, 11) is -1.00. The van der Waals surface area contributed by atoms with Gasteiger partial charge in [-0.2, -0.15) is 0 Å². The zero-order chi connectivity index (χ0) is 20.2. The van der Waals surface area contributed by atoms with E-state index < -0.39 is 22.0 Å². The fourth-order valence-corrected chi connectivity index (χ4v) is 3.57. The monoisotopic (exact) mass is 410 g/mol. The Morgan fingerprint density at radius 1 is 1.11 bits per heavy atom. The van der Waals surface area contributed by atoms with E-state index >= 15 is 0 Å². The van der Waals surface area contributed by atoms with Crippen molar-refractivity contribution < 1.29 is 18.0 Å². The van der Waals surface area contributed by atoms with Crippen molar-refractivity contribution in [3.63, 3.8) is 0 Å². The number of urea groups is 1. The first-order chi connectivity index (χ1) is 12.6. The number of rotatable bonds is 6. The number of halogens is 1. The van der Waals surface area contributed by atoms with Crippen molar-refractivity contribution in [1.82, 2.24) is 9.62 Å². The second-order valence-electron chi connectivity index (χ2n) is 5.80. The van der Waals surface area contributed by atoms with Gasteiger partial charge in [0, 0.05) is 31.9 Å². The zero-order valence-corrected chi connectivity index (χ0v) is 16.3. The van der Waals surface area contributed by atoms with E-state index in [4.69, 9.17) is 17.3 Å². The van der Waals surface area contributed by atoms with E-state index in [-0.39, 0.29) is 22.0 Å². The van der Waals surface area contributed by atoms with Crippen molar-refractivity contribution in [1.29, 1.82) is 0 Å². The smallest absolute Gasteiger partial charge is 0.316 e. The molecule has 0 unspecified atom stereocenters. The predicted molar refractivity (Wildman–Crippen MR) is 103 cm³/mol. The SMILES string of the molecule is CN(C)S(=O)(=O)c1cc(C(=O)NCc2ccc(NC(N)=O)cc2)ccc1Cl. The number of hydrogen-bond donors (Lipinski definition) is 3. The van der Waals surface area contributed by atoms with Crippen LogP contribution in [0.5, 0.6) is 0 Å². The van der Waals surface area contributed by atoms with Gasteiger partial charge >= 0.3 is 6.03 Å². The van der Waals surface area contributed by atoms with Crippen LogP contribution in [0.1, 0.15) is 15.9 Å². The summed E-state index contributed by atoms with van der Waals surface area (Å²) in [6.45, 7) is 0.216. The Balaban J connectivity index is 2.11. The molecule has 0 radical (unpaired) electrons. The van der Waals surface area contributed by atoms with Gasteiger partial charge in [-0.25, -0.2) is 17.5 Å². The molecule has 0 atom stereocenters. The number of hydrogen-bond acceptors (Lipinski definition) is 4. The van der Waals surface area contributed by atoms with Crippen LogP contribution in [0.15, 0.2) is 47.4 Å². The quantitative estimate of drug-likeness (QED) is 0.674. The minimum atomic E-state index is -3.77. The van der Waals surface area contributed by atoms with E-state index in [1.807, 2.05) is 0 Å². The third-order valence-electron chi connectivity index (χ3n) is 3.63. The third-order valence-corrected chi connectivity index (χ3v) is 5.92. The zero-order valence-electron chi connectivity index (χ0n) is 14.7. The highest BCUT2D eigenvalue weighted by Gasteiger charge is 2.22. The molecule has 0 aromatic heterocycles. The lowest BCUT2D eigenvalue weighted by molar-refractivity contribution is 0.0950. The standard InChI is InChI=1S/C17H19ClN4O4S/c1-22(2)27(25,26)15-9-12(5-8-14(15)18)16(23)20-10-11-3-6-13(7-4-11)21-17(19)24/h3-9H,10H2,1-2H3,(H,20,23)(H3,19,21,24). The molecule has 3 amide bonds. The van der Waals surface area contributed by atoms with Gasteiger partial charge in [-0.3, -0.25) is 4.79 Å². The van der Waals surface area contributed by atoms with Gasteiger partial charge < -0.3 is 16.4 Å². The molecule has 144 valence electrons. The topological polar surface area (TPSA) is 122 Å². The van der Waals surface area contributed by atoms with Crippen LogP contribution < -0.4 is 16.4 Å². The van der Waals surface area contributed by atoms with E-state index in [2.05, 4.69) is 10.6 Å².